The second kappa shape index (κ2) is 5.63. The van der Waals surface area contributed by atoms with Crippen molar-refractivity contribution < 1.29 is 4.92 Å². The Morgan fingerprint density at radius 3 is 2.62 bits per heavy atom. The number of nitro groups is 1. The molecule has 0 aliphatic rings. The number of non-ortho nitro benzene ring substituents is 1. The van der Waals surface area contributed by atoms with Crippen LogP contribution in [0.4, 0.5) is 16.5 Å². The highest BCUT2D eigenvalue weighted by atomic mass is 32.1. The molecule has 7 nitrogen and oxygen atoms in total. The lowest BCUT2D eigenvalue weighted by Gasteiger charge is -2.01. The Morgan fingerprint density at radius 1 is 1.14 bits per heavy atom. The van der Waals surface area contributed by atoms with Gasteiger partial charge in [0.05, 0.1) is 15.5 Å². The Labute approximate surface area is 123 Å². The molecular weight excluding hydrogens is 290 g/mol. The van der Waals surface area contributed by atoms with Crippen LogP contribution >= 0.6 is 11.3 Å². The lowest BCUT2D eigenvalue weighted by Crippen LogP contribution is -1.90. The first-order valence-corrected chi connectivity index (χ1v) is 6.78. The summed E-state index contributed by atoms with van der Waals surface area (Å²) in [5.74, 6) is 0. The van der Waals surface area contributed by atoms with Crippen molar-refractivity contribution in [1.29, 1.82) is 0 Å². The highest BCUT2D eigenvalue weighted by molar-refractivity contribution is 7.18. The average Bonchev–Trinajstić information content (AvgIpc) is 2.97. The Hall–Kier alpha value is -2.87. The van der Waals surface area contributed by atoms with Crippen LogP contribution in [-0.2, 0) is 0 Å². The maximum atomic E-state index is 10.6. The second-order valence-electron chi connectivity index (χ2n) is 4.05. The molecule has 0 aliphatic carbocycles. The van der Waals surface area contributed by atoms with E-state index in [9.17, 15) is 10.1 Å². The first-order valence-electron chi connectivity index (χ1n) is 5.96. The van der Waals surface area contributed by atoms with Crippen molar-refractivity contribution in [2.75, 3.05) is 5.32 Å². The summed E-state index contributed by atoms with van der Waals surface area (Å²) in [6, 6.07) is 7.99. The Morgan fingerprint density at radius 2 is 1.95 bits per heavy atom. The summed E-state index contributed by atoms with van der Waals surface area (Å²) in [6.07, 6.45) is 4.88. The van der Waals surface area contributed by atoms with Gasteiger partial charge in [-0.05, 0) is 18.2 Å². The van der Waals surface area contributed by atoms with E-state index in [0.29, 0.717) is 5.13 Å². The molecule has 0 spiro atoms. The minimum Gasteiger partial charge on any atom is -0.332 e. The summed E-state index contributed by atoms with van der Waals surface area (Å²) in [5.41, 5.74) is 1.60. The number of nitrogens with zero attached hydrogens (tertiary/aromatic N) is 4. The molecule has 3 rings (SSSR count). The van der Waals surface area contributed by atoms with Gasteiger partial charge in [0.2, 0.25) is 0 Å². The summed E-state index contributed by atoms with van der Waals surface area (Å²) in [7, 11) is 0. The fraction of sp³-hybridized carbons (Fsp3) is 0. The number of nitro benzene ring substituents is 1. The fourth-order valence-corrected chi connectivity index (χ4v) is 2.49. The molecule has 0 saturated heterocycles. The molecule has 104 valence electrons. The molecule has 0 unspecified atom stereocenters. The van der Waals surface area contributed by atoms with Crippen LogP contribution in [0.1, 0.15) is 0 Å². The van der Waals surface area contributed by atoms with Crippen molar-refractivity contribution in [3.63, 3.8) is 0 Å². The lowest BCUT2D eigenvalue weighted by atomic mass is 10.3. The van der Waals surface area contributed by atoms with E-state index in [0.717, 1.165) is 16.3 Å². The highest BCUT2D eigenvalue weighted by Crippen LogP contribution is 2.29. The van der Waals surface area contributed by atoms with Crippen LogP contribution < -0.4 is 5.32 Å². The van der Waals surface area contributed by atoms with Crippen LogP contribution in [0.3, 0.4) is 0 Å². The average molecular weight is 299 g/mol. The number of anilines is 2. The van der Waals surface area contributed by atoms with E-state index in [4.69, 9.17) is 0 Å². The summed E-state index contributed by atoms with van der Waals surface area (Å²) in [4.78, 5) is 23.4. The lowest BCUT2D eigenvalue weighted by molar-refractivity contribution is -0.384. The zero-order valence-corrected chi connectivity index (χ0v) is 11.4. The normalized spacial score (nSPS) is 10.3. The van der Waals surface area contributed by atoms with Crippen molar-refractivity contribution in [3.05, 3.63) is 59.2 Å². The SMILES string of the molecule is O=[N+]([O-])c1ccc(Nc2ncc(-c3ccncn3)s2)cc1. The summed E-state index contributed by atoms with van der Waals surface area (Å²) >= 11 is 1.44. The molecule has 0 saturated carbocycles. The number of thiazole rings is 1. The van der Waals surface area contributed by atoms with E-state index in [1.807, 2.05) is 6.07 Å². The predicted molar refractivity (Wildman–Crippen MR) is 79.5 cm³/mol. The van der Waals surface area contributed by atoms with Gasteiger partial charge in [0.15, 0.2) is 5.13 Å². The second-order valence-corrected chi connectivity index (χ2v) is 5.08. The Kier molecular flexibility index (Phi) is 3.52. The van der Waals surface area contributed by atoms with Crippen LogP contribution in [0, 0.1) is 10.1 Å². The van der Waals surface area contributed by atoms with E-state index in [1.165, 1.54) is 29.8 Å². The van der Waals surface area contributed by atoms with Gasteiger partial charge in [0.1, 0.15) is 6.33 Å². The maximum absolute atomic E-state index is 10.6. The number of rotatable bonds is 4. The van der Waals surface area contributed by atoms with Gasteiger partial charge in [-0.3, -0.25) is 10.1 Å². The first kappa shape index (κ1) is 13.1. The number of nitrogens with one attached hydrogen (secondary N) is 1. The smallest absolute Gasteiger partial charge is 0.269 e. The molecule has 0 atom stereocenters. The van der Waals surface area contributed by atoms with Crippen molar-refractivity contribution in [1.82, 2.24) is 15.0 Å². The largest absolute Gasteiger partial charge is 0.332 e. The molecule has 0 bridgehead atoms. The van der Waals surface area contributed by atoms with Gasteiger partial charge >= 0.3 is 0 Å². The Balaban J connectivity index is 1.77. The summed E-state index contributed by atoms with van der Waals surface area (Å²) in [6.45, 7) is 0. The topological polar surface area (TPSA) is 93.8 Å². The minimum absolute atomic E-state index is 0.0568. The first-order chi connectivity index (χ1) is 10.2. The van der Waals surface area contributed by atoms with Gasteiger partial charge in [0.25, 0.3) is 5.69 Å². The quantitative estimate of drug-likeness (QED) is 0.587. The van der Waals surface area contributed by atoms with Crippen molar-refractivity contribution >= 4 is 27.8 Å². The predicted octanol–water partition coefficient (Wildman–Crippen LogP) is 3.25. The van der Waals surface area contributed by atoms with Crippen LogP contribution in [0.5, 0.6) is 0 Å². The van der Waals surface area contributed by atoms with Crippen molar-refractivity contribution in [2.24, 2.45) is 0 Å². The van der Waals surface area contributed by atoms with E-state index >= 15 is 0 Å². The molecule has 0 radical (unpaired) electrons. The Bertz CT molecular complexity index is 758. The molecule has 2 heterocycles. The summed E-state index contributed by atoms with van der Waals surface area (Å²) < 4.78 is 0. The molecule has 1 N–H and O–H groups in total. The molecule has 1 aromatic carbocycles. The molecular formula is C13H9N5O2S. The van der Waals surface area contributed by atoms with Crippen LogP contribution in [0.25, 0.3) is 10.6 Å². The molecule has 0 aliphatic heterocycles. The third kappa shape index (κ3) is 3.00. The van der Waals surface area contributed by atoms with Crippen molar-refractivity contribution in [3.8, 4) is 10.6 Å². The standard InChI is InChI=1S/C13H9N5O2S/c19-18(20)10-3-1-9(2-4-10)17-13-15-7-12(21-13)11-5-6-14-8-16-11/h1-8H,(H,15,17). The van der Waals surface area contributed by atoms with Crippen LogP contribution in [0.2, 0.25) is 0 Å². The van der Waals surface area contributed by atoms with Gasteiger partial charge in [0, 0.05) is 30.2 Å². The van der Waals surface area contributed by atoms with Crippen LogP contribution in [0.15, 0.2) is 49.1 Å². The highest BCUT2D eigenvalue weighted by Gasteiger charge is 2.07. The fourth-order valence-electron chi connectivity index (χ4n) is 1.68. The molecule has 21 heavy (non-hydrogen) atoms. The monoisotopic (exact) mass is 299 g/mol. The molecule has 8 heteroatoms. The number of hydrogen-bond donors (Lipinski definition) is 1. The zero-order chi connectivity index (χ0) is 14.7. The number of aromatic nitrogens is 3. The third-order valence-electron chi connectivity index (χ3n) is 2.67. The van der Waals surface area contributed by atoms with Gasteiger partial charge in [-0.1, -0.05) is 11.3 Å². The van der Waals surface area contributed by atoms with Gasteiger partial charge in [-0.25, -0.2) is 15.0 Å². The molecule has 0 fully saturated rings. The zero-order valence-electron chi connectivity index (χ0n) is 10.6. The number of hydrogen-bond acceptors (Lipinski definition) is 7. The van der Waals surface area contributed by atoms with Gasteiger partial charge < -0.3 is 5.32 Å². The van der Waals surface area contributed by atoms with E-state index in [-0.39, 0.29) is 5.69 Å². The van der Waals surface area contributed by atoms with E-state index < -0.39 is 4.92 Å². The van der Waals surface area contributed by atoms with Crippen molar-refractivity contribution in [2.45, 2.75) is 0 Å². The van der Waals surface area contributed by atoms with E-state index in [1.54, 1.807) is 24.5 Å². The molecule has 0 amide bonds. The minimum atomic E-state index is -0.430. The van der Waals surface area contributed by atoms with Gasteiger partial charge in [-0.2, -0.15) is 0 Å². The number of benzene rings is 1. The molecule has 3 aromatic rings. The van der Waals surface area contributed by atoms with E-state index in [2.05, 4.69) is 20.3 Å². The molecule has 2 aromatic heterocycles. The third-order valence-corrected chi connectivity index (χ3v) is 3.60. The van der Waals surface area contributed by atoms with Crippen LogP contribution in [-0.4, -0.2) is 19.9 Å². The van der Waals surface area contributed by atoms with Gasteiger partial charge in [-0.15, -0.1) is 0 Å². The summed E-state index contributed by atoms with van der Waals surface area (Å²) in [5, 5.41) is 14.4. The maximum Gasteiger partial charge on any atom is 0.269 e.